The van der Waals surface area contributed by atoms with E-state index in [9.17, 15) is 14.4 Å². The molecule has 1 saturated heterocycles. The Balaban J connectivity index is 1.68. The number of aromatic amines is 1. The largest absolute Gasteiger partial charge is 0.307 e. The molecule has 1 aromatic heterocycles. The van der Waals surface area contributed by atoms with Crippen molar-refractivity contribution >= 4 is 79.7 Å². The van der Waals surface area contributed by atoms with Crippen molar-refractivity contribution in [3.63, 3.8) is 0 Å². The van der Waals surface area contributed by atoms with Crippen molar-refractivity contribution < 1.29 is 9.59 Å². The molecular weight excluding hydrogens is 531 g/mol. The van der Waals surface area contributed by atoms with Crippen LogP contribution in [0.5, 0.6) is 0 Å². The Bertz CT molecular complexity index is 1260. The molecule has 2 aliphatic heterocycles. The third-order valence-corrected chi connectivity index (χ3v) is 8.99. The number of aromatic nitrogens is 1. The van der Waals surface area contributed by atoms with Gasteiger partial charge in [-0.2, -0.15) is 0 Å². The van der Waals surface area contributed by atoms with E-state index < -0.39 is 17.1 Å². The molecule has 3 aromatic rings. The molecule has 5 rings (SSSR count). The lowest BCUT2D eigenvalue weighted by atomic mass is 9.83. The van der Waals surface area contributed by atoms with Gasteiger partial charge in [0.25, 0.3) is 0 Å². The van der Waals surface area contributed by atoms with Gasteiger partial charge in [0.05, 0.1) is 26.7 Å². The zero-order chi connectivity index (χ0) is 21.2. The number of halogens is 3. The molecule has 0 saturated carbocycles. The molecule has 2 amide bonds. The van der Waals surface area contributed by atoms with Gasteiger partial charge in [0.15, 0.2) is 0 Å². The van der Waals surface area contributed by atoms with Gasteiger partial charge in [-0.25, -0.2) is 4.90 Å². The second-order valence-corrected chi connectivity index (χ2v) is 10.7. The topological polar surface area (TPSA) is 70.2 Å². The van der Waals surface area contributed by atoms with E-state index in [4.69, 9.17) is 23.2 Å². The van der Waals surface area contributed by atoms with E-state index in [1.807, 2.05) is 0 Å². The number of benzene rings is 2. The molecule has 10 heteroatoms. The maximum absolute atomic E-state index is 13.6. The number of amides is 2. The molecule has 1 fully saturated rings. The Morgan fingerprint density at radius 2 is 1.73 bits per heavy atom. The minimum atomic E-state index is -0.693. The molecule has 0 radical (unpaired) electrons. The lowest BCUT2D eigenvalue weighted by Crippen LogP contribution is -2.32. The molecule has 2 aliphatic rings. The van der Waals surface area contributed by atoms with E-state index in [2.05, 4.69) is 20.9 Å². The molecule has 5 nitrogen and oxygen atoms in total. The molecule has 2 aromatic carbocycles. The molecule has 0 spiro atoms. The first-order valence-corrected chi connectivity index (χ1v) is 12.1. The van der Waals surface area contributed by atoms with Crippen LogP contribution in [-0.2, 0) is 9.59 Å². The highest BCUT2D eigenvalue weighted by atomic mass is 79.9. The normalized spacial score (nSPS) is 22.9. The summed E-state index contributed by atoms with van der Waals surface area (Å²) >= 11 is 18.4. The Kier molecular flexibility index (Phi) is 5.10. The van der Waals surface area contributed by atoms with Crippen molar-refractivity contribution in [1.29, 1.82) is 0 Å². The smallest absolute Gasteiger partial charge is 0.305 e. The maximum Gasteiger partial charge on any atom is 0.305 e. The first-order chi connectivity index (χ1) is 14.4. The predicted octanol–water partition coefficient (Wildman–Crippen LogP) is 5.30. The van der Waals surface area contributed by atoms with Gasteiger partial charge >= 0.3 is 4.87 Å². The third kappa shape index (κ3) is 3.08. The van der Waals surface area contributed by atoms with Gasteiger partial charge in [0.2, 0.25) is 11.8 Å². The summed E-state index contributed by atoms with van der Waals surface area (Å²) in [6.45, 7) is 0. The van der Waals surface area contributed by atoms with Crippen molar-refractivity contribution in [2.75, 3.05) is 4.90 Å². The minimum Gasteiger partial charge on any atom is -0.307 e. The van der Waals surface area contributed by atoms with Gasteiger partial charge in [0.1, 0.15) is 5.25 Å². The summed E-state index contributed by atoms with van der Waals surface area (Å²) in [5.41, 5.74) is 1.14. The van der Waals surface area contributed by atoms with E-state index in [-0.39, 0.29) is 16.7 Å². The molecular formula is C20H11BrCl2N2O3S2. The van der Waals surface area contributed by atoms with Crippen molar-refractivity contribution in [1.82, 2.24) is 4.98 Å². The molecule has 0 unspecified atom stereocenters. The summed E-state index contributed by atoms with van der Waals surface area (Å²) in [6.07, 6.45) is 0. The van der Waals surface area contributed by atoms with Gasteiger partial charge < -0.3 is 4.98 Å². The van der Waals surface area contributed by atoms with Crippen LogP contribution in [0.4, 0.5) is 5.69 Å². The summed E-state index contributed by atoms with van der Waals surface area (Å²) in [7, 11) is 0. The molecule has 30 heavy (non-hydrogen) atoms. The lowest BCUT2D eigenvalue weighted by Gasteiger charge is -2.30. The van der Waals surface area contributed by atoms with Gasteiger partial charge in [-0.05, 0) is 35.9 Å². The van der Waals surface area contributed by atoms with E-state index in [1.165, 1.54) is 16.7 Å². The van der Waals surface area contributed by atoms with Gasteiger partial charge in [-0.1, -0.05) is 74.4 Å². The monoisotopic (exact) mass is 540 g/mol. The first-order valence-electron chi connectivity index (χ1n) is 8.83. The summed E-state index contributed by atoms with van der Waals surface area (Å²) in [6, 6.07) is 12.2. The number of anilines is 1. The van der Waals surface area contributed by atoms with E-state index in [0.29, 0.717) is 31.2 Å². The van der Waals surface area contributed by atoms with E-state index >= 15 is 0 Å². The SMILES string of the molecule is O=C1[C@H]2[C@H](c3cccc(Cl)c3Cl)c3sc(=O)[nH]c3S[C@H]2C(=O)N1c1ccc(Br)cc1. The summed E-state index contributed by atoms with van der Waals surface area (Å²) in [5.74, 6) is -1.86. The van der Waals surface area contributed by atoms with Crippen LogP contribution in [-0.4, -0.2) is 22.0 Å². The number of thioether (sulfide) groups is 1. The Hall–Kier alpha value is -1.58. The fourth-order valence-electron chi connectivity index (χ4n) is 3.96. The van der Waals surface area contributed by atoms with Gasteiger partial charge in [-0.3, -0.25) is 14.4 Å². The number of fused-ring (bicyclic) bond motifs is 2. The number of nitrogens with one attached hydrogen (secondary N) is 1. The number of hydrogen-bond acceptors (Lipinski definition) is 5. The maximum atomic E-state index is 13.6. The predicted molar refractivity (Wildman–Crippen MR) is 123 cm³/mol. The average molecular weight is 542 g/mol. The fourth-order valence-corrected chi connectivity index (χ4v) is 7.15. The minimum absolute atomic E-state index is 0.236. The Morgan fingerprint density at radius 1 is 1.00 bits per heavy atom. The van der Waals surface area contributed by atoms with E-state index in [1.54, 1.807) is 42.5 Å². The van der Waals surface area contributed by atoms with Crippen molar-refractivity contribution in [2.45, 2.75) is 16.2 Å². The summed E-state index contributed by atoms with van der Waals surface area (Å²) < 4.78 is 0.848. The molecule has 0 bridgehead atoms. The van der Waals surface area contributed by atoms with Gasteiger partial charge in [0, 0.05) is 15.3 Å². The van der Waals surface area contributed by atoms with Crippen LogP contribution in [0.3, 0.4) is 0 Å². The van der Waals surface area contributed by atoms with Gasteiger partial charge in [-0.15, -0.1) is 0 Å². The number of hydrogen-bond donors (Lipinski definition) is 1. The Labute approximate surface area is 197 Å². The van der Waals surface area contributed by atoms with E-state index in [0.717, 1.165) is 15.8 Å². The number of carbonyl (C=O) groups excluding carboxylic acids is 2. The number of thiazole rings is 1. The number of nitrogens with zero attached hydrogens (tertiary/aromatic N) is 1. The molecule has 3 atom stereocenters. The quantitative estimate of drug-likeness (QED) is 0.447. The van der Waals surface area contributed by atoms with Crippen LogP contribution in [0.15, 0.2) is 56.8 Å². The van der Waals surface area contributed by atoms with Crippen LogP contribution in [0, 0.1) is 5.92 Å². The van der Waals surface area contributed by atoms with Crippen molar-refractivity contribution in [3.05, 3.63) is 77.1 Å². The summed E-state index contributed by atoms with van der Waals surface area (Å²) in [4.78, 5) is 43.5. The second kappa shape index (κ2) is 7.53. The number of imide groups is 1. The van der Waals surface area contributed by atoms with Crippen molar-refractivity contribution in [2.24, 2.45) is 5.92 Å². The zero-order valence-electron chi connectivity index (χ0n) is 14.9. The molecule has 1 N–H and O–H groups in total. The van der Waals surface area contributed by atoms with Crippen LogP contribution in [0.25, 0.3) is 0 Å². The standard InChI is InChI=1S/C20H11BrCl2N2O3S2/c21-8-4-6-9(7-5-8)25-18(26)13-12(10-2-1-3-11(22)14(10)23)15-17(24-20(28)30-15)29-16(13)19(25)27/h1-7,12-13,16H,(H,24,28)/t12-,13-,16+/m0/s1. The zero-order valence-corrected chi connectivity index (χ0v) is 19.6. The molecule has 0 aliphatic carbocycles. The highest BCUT2D eigenvalue weighted by Gasteiger charge is 2.56. The number of carbonyl (C=O) groups is 2. The summed E-state index contributed by atoms with van der Waals surface area (Å²) in [5, 5.41) is 0.615. The molecule has 152 valence electrons. The lowest BCUT2D eigenvalue weighted by molar-refractivity contribution is -0.122. The highest BCUT2D eigenvalue weighted by Crippen LogP contribution is 2.54. The number of H-pyrrole nitrogens is 1. The van der Waals surface area contributed by atoms with Crippen LogP contribution in [0.1, 0.15) is 16.4 Å². The average Bonchev–Trinajstić information content (AvgIpc) is 3.20. The fraction of sp³-hybridized carbons (Fsp3) is 0.150. The number of rotatable bonds is 2. The first kappa shape index (κ1) is 20.3. The highest BCUT2D eigenvalue weighted by molar-refractivity contribution is 9.10. The van der Waals surface area contributed by atoms with Crippen LogP contribution < -0.4 is 9.77 Å². The third-order valence-electron chi connectivity index (χ3n) is 5.23. The second-order valence-electron chi connectivity index (χ2n) is 6.88. The Morgan fingerprint density at radius 3 is 2.47 bits per heavy atom. The van der Waals surface area contributed by atoms with Crippen LogP contribution >= 0.6 is 62.2 Å². The molecule has 3 heterocycles. The van der Waals surface area contributed by atoms with Crippen LogP contribution in [0.2, 0.25) is 10.0 Å². The van der Waals surface area contributed by atoms with Crippen molar-refractivity contribution in [3.8, 4) is 0 Å².